The van der Waals surface area contributed by atoms with Crippen LogP contribution >= 0.6 is 11.6 Å². The quantitative estimate of drug-likeness (QED) is 0.496. The lowest BCUT2D eigenvalue weighted by Crippen LogP contribution is -2.27. The molecule has 0 fully saturated rings. The molecule has 7 nitrogen and oxygen atoms in total. The maximum absolute atomic E-state index is 12.7. The summed E-state index contributed by atoms with van der Waals surface area (Å²) in [6.45, 7) is 1.16. The number of aromatic nitrogens is 2. The maximum atomic E-state index is 12.7. The number of carbonyl (C=O) groups excluding carboxylic acids is 1. The lowest BCUT2D eigenvalue weighted by Gasteiger charge is -2.19. The Hall–Kier alpha value is -2.77. The highest BCUT2D eigenvalue weighted by atomic mass is 35.5. The van der Waals surface area contributed by atoms with Crippen LogP contribution < -0.4 is 14.8 Å². The van der Waals surface area contributed by atoms with Crippen LogP contribution in [-0.4, -0.2) is 49.8 Å². The summed E-state index contributed by atoms with van der Waals surface area (Å²) in [5, 5.41) is 3.55. The average Bonchev–Trinajstić information content (AvgIpc) is 3.17. The summed E-state index contributed by atoms with van der Waals surface area (Å²) in [4.78, 5) is 17.2. The zero-order valence-electron chi connectivity index (χ0n) is 17.4. The smallest absolute Gasteiger partial charge is 0.221 e. The van der Waals surface area contributed by atoms with Gasteiger partial charge in [-0.25, -0.2) is 4.98 Å². The molecule has 2 aromatic heterocycles. The monoisotopic (exact) mass is 431 g/mol. The van der Waals surface area contributed by atoms with E-state index < -0.39 is 0 Å². The third kappa shape index (κ3) is 5.23. The van der Waals surface area contributed by atoms with Gasteiger partial charge in [-0.2, -0.15) is 0 Å². The van der Waals surface area contributed by atoms with E-state index in [1.54, 1.807) is 45.9 Å². The minimum Gasteiger partial charge on any atom is -0.497 e. The van der Waals surface area contributed by atoms with Gasteiger partial charge >= 0.3 is 0 Å². The van der Waals surface area contributed by atoms with E-state index in [2.05, 4.69) is 10.3 Å². The fourth-order valence-corrected chi connectivity index (χ4v) is 3.52. The molecular formula is C22H26ClN3O4. The first-order chi connectivity index (χ1) is 14.5. The number of methoxy groups -OCH3 is 3. The highest BCUT2D eigenvalue weighted by Gasteiger charge is 2.23. The number of benzene rings is 1. The summed E-state index contributed by atoms with van der Waals surface area (Å²) in [5.74, 6) is 0.975. The Labute approximate surface area is 180 Å². The molecule has 0 spiro atoms. The van der Waals surface area contributed by atoms with Gasteiger partial charge in [-0.3, -0.25) is 4.79 Å². The van der Waals surface area contributed by atoms with Crippen LogP contribution in [0.3, 0.4) is 0 Å². The maximum Gasteiger partial charge on any atom is 0.221 e. The molecule has 1 unspecified atom stereocenters. The summed E-state index contributed by atoms with van der Waals surface area (Å²) in [5.41, 5.74) is 2.50. The summed E-state index contributed by atoms with van der Waals surface area (Å²) >= 11 is 6.22. The molecule has 0 aliphatic rings. The van der Waals surface area contributed by atoms with Gasteiger partial charge in [0.1, 0.15) is 17.1 Å². The zero-order valence-corrected chi connectivity index (χ0v) is 18.1. The van der Waals surface area contributed by atoms with Gasteiger partial charge in [0.25, 0.3) is 0 Å². The summed E-state index contributed by atoms with van der Waals surface area (Å²) in [7, 11) is 4.85. The lowest BCUT2D eigenvalue weighted by molar-refractivity contribution is -0.121. The number of fused-ring (bicyclic) bond motifs is 1. The van der Waals surface area contributed by atoms with Gasteiger partial charge in [-0.1, -0.05) is 11.6 Å². The standard InChI is InChI=1S/C22H26ClN3O4/c1-28-8-4-7-24-22(27)12-19(15-9-17(29-2)11-18(10-15)30-3)20-13-25-21-6-5-16(23)14-26(20)21/h5-6,9-11,13-14,19H,4,7-8,12H2,1-3H3,(H,24,27). The van der Waals surface area contributed by atoms with E-state index in [0.717, 1.165) is 23.3 Å². The molecule has 3 rings (SSSR count). The second-order valence-electron chi connectivity index (χ2n) is 6.86. The van der Waals surface area contributed by atoms with Crippen molar-refractivity contribution in [3.05, 3.63) is 59.0 Å². The van der Waals surface area contributed by atoms with Crippen molar-refractivity contribution in [2.24, 2.45) is 0 Å². The van der Waals surface area contributed by atoms with E-state index in [9.17, 15) is 4.79 Å². The van der Waals surface area contributed by atoms with Gasteiger partial charge in [0, 0.05) is 51.1 Å². The second kappa shape index (κ2) is 10.3. The number of carbonyl (C=O) groups is 1. The van der Waals surface area contributed by atoms with Crippen molar-refractivity contribution in [3.8, 4) is 11.5 Å². The predicted molar refractivity (Wildman–Crippen MR) is 116 cm³/mol. The van der Waals surface area contributed by atoms with Gasteiger partial charge in [-0.05, 0) is 36.2 Å². The van der Waals surface area contributed by atoms with Crippen molar-refractivity contribution in [1.29, 1.82) is 0 Å². The first-order valence-electron chi connectivity index (χ1n) is 9.66. The minimum atomic E-state index is -0.273. The second-order valence-corrected chi connectivity index (χ2v) is 7.29. The molecule has 0 radical (unpaired) electrons. The van der Waals surface area contributed by atoms with Crippen molar-refractivity contribution >= 4 is 23.2 Å². The molecule has 1 N–H and O–H groups in total. The van der Waals surface area contributed by atoms with Crippen LogP contribution in [0.15, 0.2) is 42.7 Å². The number of imidazole rings is 1. The normalized spacial score (nSPS) is 12.0. The number of nitrogens with zero attached hydrogens (tertiary/aromatic N) is 2. The third-order valence-electron chi connectivity index (χ3n) is 4.87. The van der Waals surface area contributed by atoms with Gasteiger partial charge in [0.15, 0.2) is 0 Å². The largest absolute Gasteiger partial charge is 0.497 e. The first kappa shape index (κ1) is 21.9. The molecule has 8 heteroatoms. The molecule has 0 bridgehead atoms. The number of ether oxygens (including phenoxy) is 3. The van der Waals surface area contributed by atoms with Crippen LogP contribution in [0.1, 0.15) is 30.0 Å². The molecule has 0 saturated carbocycles. The Morgan fingerprint density at radius 3 is 2.57 bits per heavy atom. The van der Waals surface area contributed by atoms with E-state index in [0.29, 0.717) is 29.7 Å². The number of nitrogens with one attached hydrogen (secondary N) is 1. The van der Waals surface area contributed by atoms with Gasteiger partial charge in [-0.15, -0.1) is 0 Å². The van der Waals surface area contributed by atoms with Crippen molar-refractivity contribution < 1.29 is 19.0 Å². The van der Waals surface area contributed by atoms with Crippen LogP contribution in [0.25, 0.3) is 5.65 Å². The summed E-state index contributed by atoms with van der Waals surface area (Å²) in [6, 6.07) is 9.26. The fourth-order valence-electron chi connectivity index (χ4n) is 3.36. The third-order valence-corrected chi connectivity index (χ3v) is 5.09. The minimum absolute atomic E-state index is 0.0603. The van der Waals surface area contributed by atoms with Crippen LogP contribution in [0.4, 0.5) is 0 Å². The van der Waals surface area contributed by atoms with Crippen molar-refractivity contribution in [2.45, 2.75) is 18.8 Å². The van der Waals surface area contributed by atoms with Crippen LogP contribution in [-0.2, 0) is 9.53 Å². The van der Waals surface area contributed by atoms with Crippen molar-refractivity contribution in [3.63, 3.8) is 0 Å². The van der Waals surface area contributed by atoms with E-state index in [4.69, 9.17) is 25.8 Å². The Morgan fingerprint density at radius 2 is 1.90 bits per heavy atom. The zero-order chi connectivity index (χ0) is 21.5. The lowest BCUT2D eigenvalue weighted by atomic mass is 9.91. The molecule has 1 atom stereocenters. The molecule has 0 aliphatic carbocycles. The SMILES string of the molecule is COCCCNC(=O)CC(c1cc(OC)cc(OC)c1)c1cnc2ccc(Cl)cn12. The Balaban J connectivity index is 1.98. The number of amides is 1. The molecular weight excluding hydrogens is 406 g/mol. The van der Waals surface area contributed by atoms with Crippen molar-refractivity contribution in [1.82, 2.24) is 14.7 Å². The van der Waals surface area contributed by atoms with Gasteiger partial charge < -0.3 is 23.9 Å². The molecule has 1 amide bonds. The molecule has 1 aromatic carbocycles. The predicted octanol–water partition coefficient (Wildman–Crippen LogP) is 3.68. The van der Waals surface area contributed by atoms with E-state index in [-0.39, 0.29) is 18.2 Å². The number of hydrogen-bond acceptors (Lipinski definition) is 5. The fraction of sp³-hybridized carbons (Fsp3) is 0.364. The first-order valence-corrected chi connectivity index (χ1v) is 10.0. The number of rotatable bonds is 10. The van der Waals surface area contributed by atoms with E-state index in [1.807, 2.05) is 22.6 Å². The molecule has 2 heterocycles. The number of pyridine rings is 1. The Kier molecular flexibility index (Phi) is 7.54. The Morgan fingerprint density at radius 1 is 1.17 bits per heavy atom. The summed E-state index contributed by atoms with van der Waals surface area (Å²) in [6.07, 6.45) is 4.58. The molecule has 0 aliphatic heterocycles. The number of hydrogen-bond donors (Lipinski definition) is 1. The van der Waals surface area contributed by atoms with E-state index in [1.165, 1.54) is 0 Å². The van der Waals surface area contributed by atoms with Crippen molar-refractivity contribution in [2.75, 3.05) is 34.5 Å². The van der Waals surface area contributed by atoms with Crippen LogP contribution in [0.5, 0.6) is 11.5 Å². The van der Waals surface area contributed by atoms with Crippen LogP contribution in [0.2, 0.25) is 5.02 Å². The average molecular weight is 432 g/mol. The molecule has 160 valence electrons. The van der Waals surface area contributed by atoms with E-state index >= 15 is 0 Å². The Bertz CT molecular complexity index is 983. The highest BCUT2D eigenvalue weighted by molar-refractivity contribution is 6.30. The highest BCUT2D eigenvalue weighted by Crippen LogP contribution is 2.34. The van der Waals surface area contributed by atoms with Gasteiger partial charge in [0.2, 0.25) is 5.91 Å². The summed E-state index contributed by atoms with van der Waals surface area (Å²) < 4.78 is 17.8. The van der Waals surface area contributed by atoms with Gasteiger partial charge in [0.05, 0.1) is 24.9 Å². The molecule has 3 aromatic rings. The topological polar surface area (TPSA) is 74.1 Å². The molecule has 0 saturated heterocycles. The van der Waals surface area contributed by atoms with Crippen LogP contribution in [0, 0.1) is 0 Å². The molecule has 30 heavy (non-hydrogen) atoms. The number of halogens is 1.